The van der Waals surface area contributed by atoms with Crippen LogP contribution in [0.2, 0.25) is 0 Å². The molecule has 4 rings (SSSR count). The Balaban J connectivity index is 1.71. The summed E-state index contributed by atoms with van der Waals surface area (Å²) in [5, 5.41) is 0. The number of nitrogens with zero attached hydrogens (tertiary/aromatic N) is 2. The fraction of sp³-hybridized carbons (Fsp3) is 0.682. The average molecular weight is 373 g/mol. The van der Waals surface area contributed by atoms with Crippen LogP contribution in [0.4, 0.5) is 0 Å². The molecular formula is C22H32N2O3. The van der Waals surface area contributed by atoms with E-state index in [1.165, 1.54) is 0 Å². The highest BCUT2D eigenvalue weighted by Crippen LogP contribution is 2.47. The van der Waals surface area contributed by atoms with E-state index in [-0.39, 0.29) is 0 Å². The number of carbonyl (C=O) groups excluding carboxylic acids is 1. The van der Waals surface area contributed by atoms with Crippen LogP contribution in [-0.2, 0) is 10.2 Å². The average Bonchev–Trinajstić information content (AvgIpc) is 3.29. The zero-order valence-corrected chi connectivity index (χ0v) is 16.9. The molecule has 148 valence electrons. The minimum absolute atomic E-state index is 0.356. The number of methoxy groups -OCH3 is 2. The van der Waals surface area contributed by atoms with E-state index in [1.807, 2.05) is 12.1 Å². The third kappa shape index (κ3) is 3.10. The molecule has 0 radical (unpaired) electrons. The molecule has 3 fully saturated rings. The van der Waals surface area contributed by atoms with Gasteiger partial charge < -0.3 is 19.3 Å². The number of rotatable bonds is 4. The van der Waals surface area contributed by atoms with Crippen LogP contribution < -0.4 is 9.47 Å². The van der Waals surface area contributed by atoms with Crippen LogP contribution >= 0.6 is 0 Å². The maximum absolute atomic E-state index is 14.0. The zero-order chi connectivity index (χ0) is 19.0. The summed E-state index contributed by atoms with van der Waals surface area (Å²) in [7, 11) is 5.50. The molecule has 2 heterocycles. The van der Waals surface area contributed by atoms with E-state index in [0.29, 0.717) is 23.7 Å². The molecular weight excluding hydrogens is 340 g/mol. The first-order valence-corrected chi connectivity index (χ1v) is 10.3. The van der Waals surface area contributed by atoms with E-state index in [1.54, 1.807) is 14.2 Å². The molecule has 1 saturated carbocycles. The Morgan fingerprint density at radius 1 is 1.04 bits per heavy atom. The summed E-state index contributed by atoms with van der Waals surface area (Å²) < 4.78 is 10.9. The van der Waals surface area contributed by atoms with Gasteiger partial charge in [-0.3, -0.25) is 4.79 Å². The maximum atomic E-state index is 14.0. The number of ether oxygens (including phenoxy) is 2. The first-order valence-electron chi connectivity index (χ1n) is 10.3. The first-order chi connectivity index (χ1) is 13.1. The van der Waals surface area contributed by atoms with Crippen molar-refractivity contribution < 1.29 is 14.3 Å². The maximum Gasteiger partial charge on any atom is 0.233 e. The standard InChI is InChI=1S/C22H32N2O3/c1-23-13-10-17-7-8-18(15-23)24(17)21(25)22(11-4-5-12-22)16-6-9-19(26-2)20(14-16)27-3/h6,9,14,17-18H,4-5,7-8,10-13,15H2,1-3H3. The lowest BCUT2D eigenvalue weighted by molar-refractivity contribution is -0.140. The van der Waals surface area contributed by atoms with Crippen LogP contribution in [0, 0.1) is 0 Å². The second-order valence-electron chi connectivity index (χ2n) is 8.51. The number of hydrogen-bond donors (Lipinski definition) is 0. The normalized spacial score (nSPS) is 27.4. The summed E-state index contributed by atoms with van der Waals surface area (Å²) in [6, 6.07) is 6.84. The van der Waals surface area contributed by atoms with Crippen LogP contribution in [-0.4, -0.2) is 62.1 Å². The number of fused-ring (bicyclic) bond motifs is 2. The second kappa shape index (κ2) is 7.34. The second-order valence-corrected chi connectivity index (χ2v) is 8.51. The van der Waals surface area contributed by atoms with Crippen molar-refractivity contribution in [2.24, 2.45) is 0 Å². The highest BCUT2D eigenvalue weighted by Gasteiger charge is 2.50. The van der Waals surface area contributed by atoms with Crippen LogP contribution in [0.25, 0.3) is 0 Å². The quantitative estimate of drug-likeness (QED) is 0.814. The van der Waals surface area contributed by atoms with E-state index < -0.39 is 5.41 Å². The molecule has 1 amide bonds. The predicted octanol–water partition coefficient (Wildman–Crippen LogP) is 3.21. The van der Waals surface area contributed by atoms with Crippen molar-refractivity contribution in [3.63, 3.8) is 0 Å². The molecule has 1 aromatic rings. The van der Waals surface area contributed by atoms with Crippen LogP contribution in [0.15, 0.2) is 18.2 Å². The molecule has 1 aromatic carbocycles. The van der Waals surface area contributed by atoms with Gasteiger partial charge >= 0.3 is 0 Å². The summed E-state index contributed by atoms with van der Waals surface area (Å²) in [5.41, 5.74) is 0.697. The zero-order valence-electron chi connectivity index (χ0n) is 16.9. The highest BCUT2D eigenvalue weighted by atomic mass is 16.5. The van der Waals surface area contributed by atoms with Gasteiger partial charge in [0.2, 0.25) is 5.91 Å². The summed E-state index contributed by atoms with van der Waals surface area (Å²) in [6.45, 7) is 2.10. The minimum Gasteiger partial charge on any atom is -0.493 e. The lowest BCUT2D eigenvalue weighted by Crippen LogP contribution is -2.51. The predicted molar refractivity (Wildman–Crippen MR) is 105 cm³/mol. The lowest BCUT2D eigenvalue weighted by Gasteiger charge is -2.38. The summed E-state index contributed by atoms with van der Waals surface area (Å²) in [6.07, 6.45) is 7.50. The van der Waals surface area contributed by atoms with Crippen LogP contribution in [0.1, 0.15) is 50.5 Å². The van der Waals surface area contributed by atoms with Crippen molar-refractivity contribution in [1.29, 1.82) is 0 Å². The van der Waals surface area contributed by atoms with Crippen molar-refractivity contribution in [1.82, 2.24) is 9.80 Å². The number of benzene rings is 1. The van der Waals surface area contributed by atoms with Gasteiger partial charge in [0.05, 0.1) is 19.6 Å². The van der Waals surface area contributed by atoms with Crippen molar-refractivity contribution in [3.8, 4) is 11.5 Å². The molecule has 2 saturated heterocycles. The Kier molecular flexibility index (Phi) is 5.06. The summed E-state index contributed by atoms with van der Waals surface area (Å²) in [4.78, 5) is 18.7. The smallest absolute Gasteiger partial charge is 0.233 e. The molecule has 2 atom stereocenters. The molecule has 2 aliphatic heterocycles. The molecule has 0 N–H and O–H groups in total. The molecule has 5 nitrogen and oxygen atoms in total. The fourth-order valence-electron chi connectivity index (χ4n) is 5.56. The first kappa shape index (κ1) is 18.6. The van der Waals surface area contributed by atoms with Gasteiger partial charge in [0, 0.05) is 18.6 Å². The van der Waals surface area contributed by atoms with Gasteiger partial charge in [0.25, 0.3) is 0 Å². The number of amides is 1. The Bertz CT molecular complexity index is 699. The third-order valence-corrected chi connectivity index (χ3v) is 7.02. The molecule has 2 unspecified atom stereocenters. The minimum atomic E-state index is -0.400. The van der Waals surface area contributed by atoms with Gasteiger partial charge in [-0.15, -0.1) is 0 Å². The van der Waals surface area contributed by atoms with Crippen molar-refractivity contribution in [3.05, 3.63) is 23.8 Å². The fourth-order valence-corrected chi connectivity index (χ4v) is 5.56. The summed E-state index contributed by atoms with van der Waals surface area (Å²) >= 11 is 0. The largest absolute Gasteiger partial charge is 0.493 e. The Morgan fingerprint density at radius 2 is 1.74 bits per heavy atom. The molecule has 2 bridgehead atoms. The molecule has 0 spiro atoms. The third-order valence-electron chi connectivity index (χ3n) is 7.02. The van der Waals surface area contributed by atoms with Crippen molar-refractivity contribution in [2.75, 3.05) is 34.4 Å². The number of hydrogen-bond acceptors (Lipinski definition) is 4. The van der Waals surface area contributed by atoms with E-state index in [4.69, 9.17) is 9.47 Å². The van der Waals surface area contributed by atoms with Crippen LogP contribution in [0.5, 0.6) is 11.5 Å². The van der Waals surface area contributed by atoms with E-state index >= 15 is 0 Å². The van der Waals surface area contributed by atoms with E-state index in [9.17, 15) is 4.79 Å². The Labute approximate surface area is 162 Å². The monoisotopic (exact) mass is 372 g/mol. The molecule has 5 heteroatoms. The Hall–Kier alpha value is -1.75. The van der Waals surface area contributed by atoms with E-state index in [0.717, 1.165) is 69.3 Å². The van der Waals surface area contributed by atoms with Crippen LogP contribution in [0.3, 0.4) is 0 Å². The molecule has 1 aliphatic carbocycles. The summed E-state index contributed by atoms with van der Waals surface area (Å²) in [5.74, 6) is 1.79. The van der Waals surface area contributed by atoms with Gasteiger partial charge in [0.1, 0.15) is 0 Å². The number of likely N-dealkylation sites (tertiary alicyclic amines) is 1. The van der Waals surface area contributed by atoms with Crippen molar-refractivity contribution >= 4 is 5.91 Å². The Morgan fingerprint density at radius 3 is 2.44 bits per heavy atom. The van der Waals surface area contributed by atoms with E-state index in [2.05, 4.69) is 22.9 Å². The lowest BCUT2D eigenvalue weighted by atomic mass is 9.77. The SMILES string of the molecule is COc1ccc(C2(C(=O)N3C4CCC3CN(C)CC4)CCCC2)cc1OC. The number of carbonyl (C=O) groups is 1. The van der Waals surface area contributed by atoms with Gasteiger partial charge in [-0.05, 0) is 63.4 Å². The van der Waals surface area contributed by atoms with Gasteiger partial charge in [-0.25, -0.2) is 0 Å². The number of likely N-dealkylation sites (N-methyl/N-ethyl adjacent to an activating group) is 1. The molecule has 3 aliphatic rings. The molecule has 0 aromatic heterocycles. The van der Waals surface area contributed by atoms with Crippen molar-refractivity contribution in [2.45, 2.75) is 62.4 Å². The van der Waals surface area contributed by atoms with Gasteiger partial charge in [-0.1, -0.05) is 18.9 Å². The van der Waals surface area contributed by atoms with Gasteiger partial charge in [0.15, 0.2) is 11.5 Å². The van der Waals surface area contributed by atoms with Gasteiger partial charge in [-0.2, -0.15) is 0 Å². The molecule has 27 heavy (non-hydrogen) atoms. The highest BCUT2D eigenvalue weighted by molar-refractivity contribution is 5.89. The topological polar surface area (TPSA) is 42.0 Å².